The molecule has 0 bridgehead atoms. The molecule has 0 spiro atoms. The predicted octanol–water partition coefficient (Wildman–Crippen LogP) is 1.02. The second kappa shape index (κ2) is 1.50. The maximum Gasteiger partial charge on any atom is 0.234 e. The zero-order valence-electron chi connectivity index (χ0n) is 3.31. The molecule has 0 aromatic carbocycles. The van der Waals surface area contributed by atoms with Crippen molar-refractivity contribution in [3.05, 3.63) is 18.2 Å². The number of hydrogen-bond donors (Lipinski definition) is 0. The number of halogens is 2. The lowest BCUT2D eigenvalue weighted by molar-refractivity contribution is 0.574. The predicted molar refractivity (Wildman–Crippen MR) is 23.4 cm³/mol. The summed E-state index contributed by atoms with van der Waals surface area (Å²) in [4.78, 5) is 0. The Kier molecular flexibility index (Phi) is 0.982. The second-order valence-electron chi connectivity index (χ2n) is 1.03. The molecule has 7 heavy (non-hydrogen) atoms. The van der Waals surface area contributed by atoms with Gasteiger partial charge in [-0.1, -0.05) is 0 Å². The van der Waals surface area contributed by atoms with Gasteiger partial charge in [0.2, 0.25) is 5.95 Å². The normalized spacial score (nSPS) is 9.43. The van der Waals surface area contributed by atoms with Crippen LogP contribution in [-0.4, -0.2) is 9.30 Å². The first-order valence-corrected chi connectivity index (χ1v) is 2.00. The van der Waals surface area contributed by atoms with Crippen LogP contribution in [0.3, 0.4) is 0 Å². The molecule has 0 aliphatic carbocycles. The Balaban J connectivity index is 3.04. The van der Waals surface area contributed by atoms with Crippen LogP contribution in [0, 0.1) is 5.95 Å². The summed E-state index contributed by atoms with van der Waals surface area (Å²) in [6.07, 6.45) is 1.32. The van der Waals surface area contributed by atoms with Crippen LogP contribution in [0.5, 0.6) is 0 Å². The van der Waals surface area contributed by atoms with Gasteiger partial charge in [-0.05, 0) is 0 Å². The molecule has 1 rings (SSSR count). The molecule has 1 heterocycles. The van der Waals surface area contributed by atoms with Gasteiger partial charge in [-0.2, -0.15) is 8.59 Å². The third kappa shape index (κ3) is 0.899. The second-order valence-corrected chi connectivity index (χ2v) is 1.37. The van der Waals surface area contributed by atoms with Gasteiger partial charge in [0.05, 0.1) is 0 Å². The zero-order chi connectivity index (χ0) is 5.28. The van der Waals surface area contributed by atoms with Crippen molar-refractivity contribution >= 4 is 11.8 Å². The number of hydrogen-bond acceptors (Lipinski definition) is 1. The van der Waals surface area contributed by atoms with Gasteiger partial charge in [0, 0.05) is 24.0 Å². The van der Waals surface area contributed by atoms with E-state index in [1.54, 1.807) is 0 Å². The monoisotopic (exact) mass is 120 g/mol. The lowest BCUT2D eigenvalue weighted by atomic mass is 10.7. The summed E-state index contributed by atoms with van der Waals surface area (Å²) in [5.74, 6) is -0.560. The number of rotatable bonds is 0. The van der Waals surface area contributed by atoms with Crippen LogP contribution in [0.4, 0.5) is 4.39 Å². The van der Waals surface area contributed by atoms with Gasteiger partial charge in [-0.3, -0.25) is 0 Å². The molecule has 1 aromatic heterocycles. The first-order valence-electron chi connectivity index (χ1n) is 1.66. The summed E-state index contributed by atoms with van der Waals surface area (Å²) < 4.78 is 12.6. The highest BCUT2D eigenvalue weighted by atomic mass is 35.5. The first-order chi connectivity index (χ1) is 3.29. The van der Waals surface area contributed by atoms with E-state index in [0.29, 0.717) is 0 Å². The number of nitrogens with zero attached hydrogens (tertiary/aromatic N) is 2. The highest BCUT2D eigenvalue weighted by Gasteiger charge is 1.88. The van der Waals surface area contributed by atoms with Crippen molar-refractivity contribution in [2.45, 2.75) is 0 Å². The van der Waals surface area contributed by atoms with Crippen LogP contribution in [0.1, 0.15) is 0 Å². The highest BCUT2D eigenvalue weighted by molar-refractivity contribution is 6.14. The van der Waals surface area contributed by atoms with E-state index in [2.05, 4.69) is 5.10 Å². The van der Waals surface area contributed by atoms with E-state index < -0.39 is 5.95 Å². The average molecular weight is 121 g/mol. The summed E-state index contributed by atoms with van der Waals surface area (Å²) in [7, 11) is 0. The van der Waals surface area contributed by atoms with Crippen molar-refractivity contribution in [2.75, 3.05) is 0 Å². The molecule has 2 nitrogen and oxygen atoms in total. The molecule has 0 N–H and O–H groups in total. The van der Waals surface area contributed by atoms with E-state index in [0.717, 1.165) is 4.20 Å². The van der Waals surface area contributed by atoms with Gasteiger partial charge in [0.15, 0.2) is 0 Å². The van der Waals surface area contributed by atoms with Gasteiger partial charge in [-0.15, -0.1) is 5.10 Å². The molecular formula is C3H2ClFN2. The van der Waals surface area contributed by atoms with Crippen LogP contribution < -0.4 is 0 Å². The van der Waals surface area contributed by atoms with Crippen LogP contribution in [-0.2, 0) is 0 Å². The van der Waals surface area contributed by atoms with E-state index in [4.69, 9.17) is 11.8 Å². The third-order valence-electron chi connectivity index (χ3n) is 0.526. The van der Waals surface area contributed by atoms with E-state index >= 15 is 0 Å². The Bertz CT molecular complexity index is 145. The Morgan fingerprint density at radius 1 is 1.86 bits per heavy atom. The SMILES string of the molecule is Fc1ccn(Cl)n1. The van der Waals surface area contributed by atoms with E-state index in [-0.39, 0.29) is 0 Å². The van der Waals surface area contributed by atoms with Gasteiger partial charge in [0.1, 0.15) is 0 Å². The van der Waals surface area contributed by atoms with Crippen LogP contribution in [0.25, 0.3) is 0 Å². The van der Waals surface area contributed by atoms with Crippen molar-refractivity contribution in [1.29, 1.82) is 0 Å². The first kappa shape index (κ1) is 4.59. The Labute approximate surface area is 44.6 Å². The van der Waals surface area contributed by atoms with Gasteiger partial charge < -0.3 is 0 Å². The third-order valence-corrected chi connectivity index (χ3v) is 0.714. The molecule has 0 atom stereocenters. The van der Waals surface area contributed by atoms with Gasteiger partial charge in [-0.25, -0.2) is 0 Å². The quantitative estimate of drug-likeness (QED) is 0.500. The molecule has 38 valence electrons. The fourth-order valence-corrected chi connectivity index (χ4v) is 0.409. The number of aromatic nitrogens is 2. The molecule has 0 unspecified atom stereocenters. The molecule has 0 aliphatic heterocycles. The standard InChI is InChI=1S/C3H2ClFN2/c4-7-2-1-3(5)6-7/h1-2H. The van der Waals surface area contributed by atoms with Gasteiger partial charge in [0.25, 0.3) is 0 Å². The maximum atomic E-state index is 11.7. The Morgan fingerprint density at radius 3 is 2.71 bits per heavy atom. The van der Waals surface area contributed by atoms with E-state index in [9.17, 15) is 4.39 Å². The van der Waals surface area contributed by atoms with E-state index in [1.165, 1.54) is 12.3 Å². The van der Waals surface area contributed by atoms with Crippen LogP contribution in [0.15, 0.2) is 12.3 Å². The molecule has 1 aromatic rings. The van der Waals surface area contributed by atoms with Crippen molar-refractivity contribution < 1.29 is 4.39 Å². The molecular weight excluding hydrogens is 118 g/mol. The molecule has 0 aliphatic rings. The molecule has 0 fully saturated rings. The smallest absolute Gasteiger partial charge is 0.183 e. The minimum atomic E-state index is -0.560. The van der Waals surface area contributed by atoms with Crippen molar-refractivity contribution in [1.82, 2.24) is 9.30 Å². The Morgan fingerprint density at radius 2 is 2.57 bits per heavy atom. The summed E-state index contributed by atoms with van der Waals surface area (Å²) in [6.45, 7) is 0. The molecule has 0 amide bonds. The summed E-state index contributed by atoms with van der Waals surface area (Å²) >= 11 is 5.13. The minimum Gasteiger partial charge on any atom is -0.183 e. The van der Waals surface area contributed by atoms with Crippen LogP contribution >= 0.6 is 11.8 Å². The molecule has 0 radical (unpaired) electrons. The average Bonchev–Trinajstić information content (AvgIpc) is 1.87. The summed E-state index contributed by atoms with van der Waals surface area (Å²) in [5, 5.41) is 3.13. The minimum absolute atomic E-state index is 0.560. The van der Waals surface area contributed by atoms with E-state index in [1.807, 2.05) is 0 Å². The molecule has 0 saturated carbocycles. The molecule has 4 heteroatoms. The zero-order valence-corrected chi connectivity index (χ0v) is 4.06. The maximum absolute atomic E-state index is 11.7. The summed E-state index contributed by atoms with van der Waals surface area (Å²) in [6, 6.07) is 1.17. The Hall–Kier alpha value is -0.570. The van der Waals surface area contributed by atoms with Crippen molar-refractivity contribution in [3.8, 4) is 0 Å². The fourth-order valence-electron chi connectivity index (χ4n) is 0.281. The van der Waals surface area contributed by atoms with Crippen LogP contribution in [0.2, 0.25) is 0 Å². The largest absolute Gasteiger partial charge is 0.234 e. The van der Waals surface area contributed by atoms with Crippen molar-refractivity contribution in [2.24, 2.45) is 0 Å². The van der Waals surface area contributed by atoms with Gasteiger partial charge >= 0.3 is 0 Å². The lowest BCUT2D eigenvalue weighted by Crippen LogP contribution is -1.78. The van der Waals surface area contributed by atoms with Crippen molar-refractivity contribution in [3.63, 3.8) is 0 Å². The molecule has 0 saturated heterocycles. The summed E-state index contributed by atoms with van der Waals surface area (Å²) in [5.41, 5.74) is 0. The topological polar surface area (TPSA) is 17.8 Å². The fraction of sp³-hybridized carbons (Fsp3) is 0. The highest BCUT2D eigenvalue weighted by Crippen LogP contribution is 1.91. The lowest BCUT2D eigenvalue weighted by Gasteiger charge is -1.73.